The van der Waals surface area contributed by atoms with Crippen LogP contribution in [-0.2, 0) is 9.47 Å². The Morgan fingerprint density at radius 1 is 1.37 bits per heavy atom. The third-order valence-corrected chi connectivity index (χ3v) is 3.60. The fourth-order valence-electron chi connectivity index (χ4n) is 1.81. The van der Waals surface area contributed by atoms with Crippen molar-refractivity contribution in [2.75, 3.05) is 32.7 Å². The first kappa shape index (κ1) is 14.5. The number of rotatable bonds is 7. The molecule has 0 saturated heterocycles. The molecule has 0 amide bonds. The van der Waals surface area contributed by atoms with Crippen molar-refractivity contribution in [2.24, 2.45) is 0 Å². The summed E-state index contributed by atoms with van der Waals surface area (Å²) >= 11 is 6.15. The van der Waals surface area contributed by atoms with Gasteiger partial charge in [-0.25, -0.2) is 9.97 Å². The van der Waals surface area contributed by atoms with Gasteiger partial charge in [-0.05, 0) is 19.8 Å². The quantitative estimate of drug-likeness (QED) is 0.780. The number of aromatic nitrogens is 2. The molecule has 0 aliphatic heterocycles. The Labute approximate surface area is 118 Å². The van der Waals surface area contributed by atoms with Crippen LogP contribution in [0.25, 0.3) is 0 Å². The Bertz CT molecular complexity index is 438. The van der Waals surface area contributed by atoms with E-state index >= 15 is 0 Å². The number of anilines is 1. The summed E-state index contributed by atoms with van der Waals surface area (Å²) in [7, 11) is 3.32. The molecule has 0 aromatic carbocycles. The Morgan fingerprint density at radius 2 is 2.11 bits per heavy atom. The van der Waals surface area contributed by atoms with Crippen LogP contribution in [0.1, 0.15) is 30.1 Å². The molecule has 1 heterocycles. The Morgan fingerprint density at radius 3 is 2.68 bits per heavy atom. The maximum absolute atomic E-state index is 6.15. The summed E-state index contributed by atoms with van der Waals surface area (Å²) in [5.74, 6) is 2.12. The van der Waals surface area contributed by atoms with Crippen LogP contribution in [0.3, 0.4) is 0 Å². The number of methoxy groups -OCH3 is 2. The molecule has 1 aliphatic carbocycles. The van der Waals surface area contributed by atoms with Gasteiger partial charge in [0.1, 0.15) is 16.8 Å². The zero-order chi connectivity index (χ0) is 13.8. The van der Waals surface area contributed by atoms with E-state index in [4.69, 9.17) is 21.1 Å². The summed E-state index contributed by atoms with van der Waals surface area (Å²) in [6, 6.07) is 0. The number of nitrogens with one attached hydrogen (secondary N) is 1. The Hall–Kier alpha value is -0.910. The fourth-order valence-corrected chi connectivity index (χ4v) is 1.98. The standard InChI is InChI=1S/C13H20ClN3O2/c1-8-11(14)16-13(9-4-5-9)17-12(8)15-6-10(19-3)7-18-2/h9-10H,4-7H2,1-3H3,(H,15,16,17). The number of halogens is 1. The second kappa shape index (κ2) is 6.50. The molecule has 0 radical (unpaired) electrons. The summed E-state index contributed by atoms with van der Waals surface area (Å²) < 4.78 is 10.4. The predicted molar refractivity (Wildman–Crippen MR) is 74.9 cm³/mol. The Kier molecular flexibility index (Phi) is 4.96. The molecule has 19 heavy (non-hydrogen) atoms. The van der Waals surface area contributed by atoms with Gasteiger partial charge in [-0.1, -0.05) is 11.6 Å². The minimum Gasteiger partial charge on any atom is -0.382 e. The topological polar surface area (TPSA) is 56.3 Å². The molecule has 1 unspecified atom stereocenters. The highest BCUT2D eigenvalue weighted by atomic mass is 35.5. The number of ether oxygens (including phenoxy) is 2. The van der Waals surface area contributed by atoms with Crippen molar-refractivity contribution < 1.29 is 9.47 Å². The highest BCUT2D eigenvalue weighted by Crippen LogP contribution is 2.39. The zero-order valence-corrected chi connectivity index (χ0v) is 12.3. The minimum absolute atomic E-state index is 0.0116. The van der Waals surface area contributed by atoms with Gasteiger partial charge in [-0.15, -0.1) is 0 Å². The summed E-state index contributed by atoms with van der Waals surface area (Å²) in [5, 5.41) is 3.80. The van der Waals surface area contributed by atoms with Crippen LogP contribution in [0.4, 0.5) is 5.82 Å². The van der Waals surface area contributed by atoms with Crippen LogP contribution in [0.15, 0.2) is 0 Å². The molecular formula is C13H20ClN3O2. The number of hydrogen-bond donors (Lipinski definition) is 1. The van der Waals surface area contributed by atoms with Gasteiger partial charge in [0.2, 0.25) is 0 Å². The summed E-state index contributed by atoms with van der Waals surface area (Å²) in [6.45, 7) is 3.08. The normalized spacial score (nSPS) is 16.4. The van der Waals surface area contributed by atoms with Crippen LogP contribution in [0.5, 0.6) is 0 Å². The molecule has 0 bridgehead atoms. The van der Waals surface area contributed by atoms with Gasteiger partial charge in [0.05, 0.1) is 12.7 Å². The van der Waals surface area contributed by atoms with Crippen molar-refractivity contribution in [3.8, 4) is 0 Å². The van der Waals surface area contributed by atoms with Crippen LogP contribution in [-0.4, -0.2) is 43.4 Å². The molecule has 1 aromatic rings. The molecule has 106 valence electrons. The second-order valence-corrected chi connectivity index (χ2v) is 5.17. The maximum atomic E-state index is 6.15. The van der Waals surface area contributed by atoms with Crippen molar-refractivity contribution in [1.29, 1.82) is 0 Å². The van der Waals surface area contributed by atoms with E-state index in [0.717, 1.165) is 30.0 Å². The van der Waals surface area contributed by atoms with Gasteiger partial charge < -0.3 is 14.8 Å². The SMILES string of the molecule is COCC(CNc1nc(C2CC2)nc(Cl)c1C)OC. The van der Waals surface area contributed by atoms with Crippen LogP contribution < -0.4 is 5.32 Å². The third-order valence-electron chi connectivity index (χ3n) is 3.23. The molecule has 1 aromatic heterocycles. The molecule has 1 aliphatic rings. The lowest BCUT2D eigenvalue weighted by atomic mass is 10.3. The van der Waals surface area contributed by atoms with Crippen molar-refractivity contribution in [1.82, 2.24) is 9.97 Å². The molecule has 1 N–H and O–H groups in total. The van der Waals surface area contributed by atoms with Gasteiger partial charge in [-0.2, -0.15) is 0 Å². The largest absolute Gasteiger partial charge is 0.382 e. The van der Waals surface area contributed by atoms with Crippen LogP contribution in [0.2, 0.25) is 5.15 Å². The molecule has 1 atom stereocenters. The first-order valence-electron chi connectivity index (χ1n) is 6.45. The molecule has 6 heteroatoms. The highest BCUT2D eigenvalue weighted by Gasteiger charge is 2.28. The minimum atomic E-state index is -0.0116. The van der Waals surface area contributed by atoms with E-state index < -0.39 is 0 Å². The lowest BCUT2D eigenvalue weighted by molar-refractivity contribution is 0.0365. The highest BCUT2D eigenvalue weighted by molar-refractivity contribution is 6.30. The van der Waals surface area contributed by atoms with Gasteiger partial charge in [0, 0.05) is 32.2 Å². The first-order valence-corrected chi connectivity index (χ1v) is 6.83. The monoisotopic (exact) mass is 285 g/mol. The smallest absolute Gasteiger partial charge is 0.137 e. The van der Waals surface area contributed by atoms with Crippen LogP contribution >= 0.6 is 11.6 Å². The Balaban J connectivity index is 2.06. The van der Waals surface area contributed by atoms with Gasteiger partial charge in [-0.3, -0.25) is 0 Å². The van der Waals surface area contributed by atoms with Crippen molar-refractivity contribution in [2.45, 2.75) is 31.8 Å². The van der Waals surface area contributed by atoms with Gasteiger partial charge >= 0.3 is 0 Å². The molecule has 2 rings (SSSR count). The van der Waals surface area contributed by atoms with E-state index in [1.807, 2.05) is 6.92 Å². The maximum Gasteiger partial charge on any atom is 0.137 e. The average Bonchev–Trinajstić information content (AvgIpc) is 3.23. The van der Waals surface area contributed by atoms with E-state index in [9.17, 15) is 0 Å². The molecule has 5 nitrogen and oxygen atoms in total. The summed E-state index contributed by atoms with van der Waals surface area (Å²) in [4.78, 5) is 8.90. The summed E-state index contributed by atoms with van der Waals surface area (Å²) in [6.07, 6.45) is 2.30. The average molecular weight is 286 g/mol. The van der Waals surface area contributed by atoms with Crippen LogP contribution in [0, 0.1) is 6.92 Å². The summed E-state index contributed by atoms with van der Waals surface area (Å²) in [5.41, 5.74) is 0.873. The second-order valence-electron chi connectivity index (χ2n) is 4.81. The number of nitrogens with zero attached hydrogens (tertiary/aromatic N) is 2. The predicted octanol–water partition coefficient (Wildman–Crippen LogP) is 2.39. The molecule has 1 fully saturated rings. The molecular weight excluding hydrogens is 266 g/mol. The van der Waals surface area contributed by atoms with Crippen molar-refractivity contribution in [3.05, 3.63) is 16.5 Å². The number of hydrogen-bond acceptors (Lipinski definition) is 5. The van der Waals surface area contributed by atoms with E-state index in [-0.39, 0.29) is 6.10 Å². The first-order chi connectivity index (χ1) is 9.15. The molecule has 1 saturated carbocycles. The van der Waals surface area contributed by atoms with E-state index in [2.05, 4.69) is 15.3 Å². The van der Waals surface area contributed by atoms with Crippen molar-refractivity contribution in [3.63, 3.8) is 0 Å². The van der Waals surface area contributed by atoms with E-state index in [1.165, 1.54) is 0 Å². The lowest BCUT2D eigenvalue weighted by Crippen LogP contribution is -2.27. The van der Waals surface area contributed by atoms with Crippen molar-refractivity contribution >= 4 is 17.4 Å². The van der Waals surface area contributed by atoms with E-state index in [0.29, 0.717) is 24.2 Å². The zero-order valence-electron chi connectivity index (χ0n) is 11.6. The fraction of sp³-hybridized carbons (Fsp3) is 0.692. The molecule has 0 spiro atoms. The van der Waals surface area contributed by atoms with E-state index in [1.54, 1.807) is 14.2 Å². The van der Waals surface area contributed by atoms with Gasteiger partial charge in [0.25, 0.3) is 0 Å². The van der Waals surface area contributed by atoms with Gasteiger partial charge in [0.15, 0.2) is 0 Å². The third kappa shape index (κ3) is 3.78. The lowest BCUT2D eigenvalue weighted by Gasteiger charge is -2.17.